The lowest BCUT2D eigenvalue weighted by molar-refractivity contribution is 0.0588. The fourth-order valence-electron chi connectivity index (χ4n) is 4.45. The van der Waals surface area contributed by atoms with Crippen molar-refractivity contribution < 1.29 is 14.0 Å². The Labute approximate surface area is 172 Å². The van der Waals surface area contributed by atoms with Gasteiger partial charge in [0.1, 0.15) is 11.4 Å². The minimum atomic E-state index is -0.458. The van der Waals surface area contributed by atoms with Crippen molar-refractivity contribution in [3.8, 4) is 0 Å². The maximum atomic E-state index is 13.0. The average Bonchev–Trinajstić information content (AvgIpc) is 3.31. The third kappa shape index (κ3) is 3.20. The molecule has 3 aromatic rings. The SMILES string of the molecule is O=C(Nc1ccc2n(c1=O)CC1CC2CN(C(=O)c2ccccn2)C1)c1ccco1. The van der Waals surface area contributed by atoms with E-state index in [1.807, 2.05) is 11.0 Å². The smallest absolute Gasteiger partial charge is 0.291 e. The normalized spacial score (nSPS) is 19.8. The Morgan fingerprint density at radius 1 is 1.07 bits per heavy atom. The van der Waals surface area contributed by atoms with Gasteiger partial charge >= 0.3 is 0 Å². The molecule has 2 bridgehead atoms. The van der Waals surface area contributed by atoms with Crippen molar-refractivity contribution in [2.75, 3.05) is 18.4 Å². The van der Waals surface area contributed by atoms with Gasteiger partial charge in [0.2, 0.25) is 0 Å². The van der Waals surface area contributed by atoms with Crippen LogP contribution in [0.5, 0.6) is 0 Å². The molecule has 2 amide bonds. The van der Waals surface area contributed by atoms with Gasteiger partial charge in [-0.25, -0.2) is 0 Å². The standard InChI is InChI=1S/C22H20N4O4/c27-20(19-5-3-9-30-19)24-17-6-7-18-15-10-14(12-26(18)22(17)29)11-25(13-15)21(28)16-4-1-2-8-23-16/h1-9,14-15H,10-13H2,(H,24,27). The van der Waals surface area contributed by atoms with Gasteiger partial charge in [-0.3, -0.25) is 19.4 Å². The number of carbonyl (C=O) groups excluding carboxylic acids is 2. The minimum Gasteiger partial charge on any atom is -0.459 e. The van der Waals surface area contributed by atoms with Gasteiger partial charge in [-0.05, 0) is 48.7 Å². The summed E-state index contributed by atoms with van der Waals surface area (Å²) in [7, 11) is 0. The summed E-state index contributed by atoms with van der Waals surface area (Å²) in [6.45, 7) is 1.64. The molecule has 3 aromatic heterocycles. The molecule has 5 heterocycles. The van der Waals surface area contributed by atoms with Gasteiger partial charge in [0.15, 0.2) is 5.76 Å². The first-order valence-corrected chi connectivity index (χ1v) is 9.89. The highest BCUT2D eigenvalue weighted by atomic mass is 16.3. The van der Waals surface area contributed by atoms with E-state index in [1.165, 1.54) is 6.26 Å². The first kappa shape index (κ1) is 18.4. The van der Waals surface area contributed by atoms with Crippen molar-refractivity contribution in [1.82, 2.24) is 14.5 Å². The summed E-state index contributed by atoms with van der Waals surface area (Å²) >= 11 is 0. The molecule has 1 fully saturated rings. The molecule has 5 rings (SSSR count). The van der Waals surface area contributed by atoms with Gasteiger partial charge in [-0.2, -0.15) is 0 Å². The van der Waals surface area contributed by atoms with Crippen LogP contribution in [-0.4, -0.2) is 39.4 Å². The molecule has 8 heteroatoms. The fourth-order valence-corrected chi connectivity index (χ4v) is 4.45. The lowest BCUT2D eigenvalue weighted by atomic mass is 9.83. The summed E-state index contributed by atoms with van der Waals surface area (Å²) in [6.07, 6.45) is 3.96. The number of piperidine rings is 1. The van der Waals surface area contributed by atoms with E-state index in [0.717, 1.165) is 12.1 Å². The number of likely N-dealkylation sites (tertiary alicyclic amines) is 1. The van der Waals surface area contributed by atoms with Gasteiger partial charge in [-0.15, -0.1) is 0 Å². The number of pyridine rings is 2. The number of fused-ring (bicyclic) bond motifs is 4. The summed E-state index contributed by atoms with van der Waals surface area (Å²) in [5.41, 5.74) is 1.32. The van der Waals surface area contributed by atoms with Crippen LogP contribution in [-0.2, 0) is 6.54 Å². The summed E-state index contributed by atoms with van der Waals surface area (Å²) in [6, 6.07) is 12.0. The third-order valence-corrected chi connectivity index (χ3v) is 5.77. The Hall–Kier alpha value is -3.68. The van der Waals surface area contributed by atoms with Crippen LogP contribution < -0.4 is 10.9 Å². The zero-order chi connectivity index (χ0) is 20.7. The number of hydrogen-bond acceptors (Lipinski definition) is 5. The van der Waals surface area contributed by atoms with Crippen LogP contribution in [0.3, 0.4) is 0 Å². The number of nitrogens with zero attached hydrogens (tertiary/aromatic N) is 3. The van der Waals surface area contributed by atoms with Crippen molar-refractivity contribution in [1.29, 1.82) is 0 Å². The molecule has 0 aromatic carbocycles. The number of furan rings is 1. The third-order valence-electron chi connectivity index (χ3n) is 5.77. The van der Waals surface area contributed by atoms with Gasteiger partial charge in [0.25, 0.3) is 17.4 Å². The second kappa shape index (κ2) is 7.29. The minimum absolute atomic E-state index is 0.0766. The van der Waals surface area contributed by atoms with E-state index in [1.54, 1.807) is 47.2 Å². The largest absolute Gasteiger partial charge is 0.459 e. The Bertz CT molecular complexity index is 1150. The Morgan fingerprint density at radius 2 is 1.97 bits per heavy atom. The molecule has 0 aliphatic carbocycles. The second-order valence-electron chi connectivity index (χ2n) is 7.74. The van der Waals surface area contributed by atoms with Gasteiger partial charge in [0.05, 0.1) is 6.26 Å². The predicted molar refractivity (Wildman–Crippen MR) is 108 cm³/mol. The molecule has 1 saturated heterocycles. The van der Waals surface area contributed by atoms with Crippen molar-refractivity contribution >= 4 is 17.5 Å². The number of aromatic nitrogens is 2. The molecular weight excluding hydrogens is 384 g/mol. The van der Waals surface area contributed by atoms with Gasteiger partial charge in [0, 0.05) is 37.4 Å². The quantitative estimate of drug-likeness (QED) is 0.723. The molecule has 0 spiro atoms. The summed E-state index contributed by atoms with van der Waals surface area (Å²) in [5.74, 6) is -0.132. The van der Waals surface area contributed by atoms with Gasteiger partial charge < -0.3 is 19.2 Å². The van der Waals surface area contributed by atoms with Crippen molar-refractivity contribution in [2.45, 2.75) is 18.9 Å². The zero-order valence-electron chi connectivity index (χ0n) is 16.2. The van der Waals surface area contributed by atoms with E-state index < -0.39 is 5.91 Å². The van der Waals surface area contributed by atoms with Gasteiger partial charge in [-0.1, -0.05) is 6.07 Å². The van der Waals surface area contributed by atoms with Crippen molar-refractivity contribution in [3.05, 3.63) is 82.4 Å². The number of anilines is 1. The molecule has 2 aliphatic heterocycles. The highest BCUT2D eigenvalue weighted by Crippen LogP contribution is 2.35. The highest BCUT2D eigenvalue weighted by Gasteiger charge is 2.37. The van der Waals surface area contributed by atoms with Crippen LogP contribution in [0.2, 0.25) is 0 Å². The molecule has 1 N–H and O–H groups in total. The number of rotatable bonds is 3. The number of nitrogens with one attached hydrogen (secondary N) is 1. The number of amides is 2. The van der Waals surface area contributed by atoms with Crippen molar-refractivity contribution in [2.24, 2.45) is 5.92 Å². The number of hydrogen-bond donors (Lipinski definition) is 1. The maximum absolute atomic E-state index is 13.0. The van der Waals surface area contributed by atoms with Crippen LogP contribution >= 0.6 is 0 Å². The molecule has 30 heavy (non-hydrogen) atoms. The van der Waals surface area contributed by atoms with Crippen LogP contribution in [0.15, 0.2) is 64.1 Å². The Morgan fingerprint density at radius 3 is 2.73 bits per heavy atom. The molecule has 0 radical (unpaired) electrons. The molecule has 152 valence electrons. The Balaban J connectivity index is 1.39. The molecular formula is C22H20N4O4. The first-order valence-electron chi connectivity index (χ1n) is 9.89. The lowest BCUT2D eigenvalue weighted by Crippen LogP contribution is -2.49. The first-order chi connectivity index (χ1) is 14.6. The monoisotopic (exact) mass is 404 g/mol. The zero-order valence-corrected chi connectivity index (χ0v) is 16.2. The second-order valence-corrected chi connectivity index (χ2v) is 7.74. The van der Waals surface area contributed by atoms with E-state index in [9.17, 15) is 14.4 Å². The van der Waals surface area contributed by atoms with Crippen LogP contribution in [0.25, 0.3) is 0 Å². The van der Waals surface area contributed by atoms with Crippen LogP contribution in [0.1, 0.15) is 39.1 Å². The average molecular weight is 404 g/mol. The Kier molecular flexibility index (Phi) is 4.46. The molecule has 2 unspecified atom stereocenters. The van der Waals surface area contributed by atoms with E-state index >= 15 is 0 Å². The lowest BCUT2D eigenvalue weighted by Gasteiger charge is -2.42. The van der Waals surface area contributed by atoms with E-state index in [4.69, 9.17) is 4.42 Å². The maximum Gasteiger partial charge on any atom is 0.291 e. The topological polar surface area (TPSA) is 97.4 Å². The highest BCUT2D eigenvalue weighted by molar-refractivity contribution is 6.02. The summed E-state index contributed by atoms with van der Waals surface area (Å²) in [4.78, 5) is 44.1. The fraction of sp³-hybridized carbons (Fsp3) is 0.273. The summed E-state index contributed by atoms with van der Waals surface area (Å²) in [5, 5.41) is 2.64. The molecule has 2 atom stereocenters. The van der Waals surface area contributed by atoms with Crippen LogP contribution in [0.4, 0.5) is 5.69 Å². The van der Waals surface area contributed by atoms with E-state index in [0.29, 0.717) is 25.3 Å². The number of carbonyl (C=O) groups is 2. The molecule has 8 nitrogen and oxygen atoms in total. The molecule has 0 saturated carbocycles. The predicted octanol–water partition coefficient (Wildman–Crippen LogP) is 2.35. The molecule has 2 aliphatic rings. The van der Waals surface area contributed by atoms with Crippen molar-refractivity contribution in [3.63, 3.8) is 0 Å². The summed E-state index contributed by atoms with van der Waals surface area (Å²) < 4.78 is 6.82. The van der Waals surface area contributed by atoms with E-state index in [2.05, 4.69) is 10.3 Å². The van der Waals surface area contributed by atoms with E-state index in [-0.39, 0.29) is 34.7 Å². The van der Waals surface area contributed by atoms with Crippen LogP contribution in [0, 0.1) is 5.92 Å².